The Labute approximate surface area is 149 Å². The van der Waals surface area contributed by atoms with E-state index in [1.807, 2.05) is 0 Å². The normalized spacial score (nSPS) is 28.6. The summed E-state index contributed by atoms with van der Waals surface area (Å²) in [5, 5.41) is 20.0. The summed E-state index contributed by atoms with van der Waals surface area (Å²) in [5.74, 6) is 0. The molecule has 1 heterocycles. The lowest BCUT2D eigenvalue weighted by Gasteiger charge is -2.39. The maximum atomic E-state index is 9.83. The van der Waals surface area contributed by atoms with E-state index >= 15 is 0 Å². The molecule has 0 amide bonds. The van der Waals surface area contributed by atoms with E-state index in [-0.39, 0.29) is 5.41 Å². The Morgan fingerprint density at radius 1 is 1.04 bits per heavy atom. The van der Waals surface area contributed by atoms with Crippen LogP contribution in [0.1, 0.15) is 59.3 Å². The van der Waals surface area contributed by atoms with Gasteiger partial charge in [0.25, 0.3) is 0 Å². The van der Waals surface area contributed by atoms with Gasteiger partial charge in [-0.15, -0.1) is 0 Å². The smallest absolute Gasteiger partial charge is 0.191 e. The minimum Gasteiger partial charge on any atom is -0.417 e. The van der Waals surface area contributed by atoms with Gasteiger partial charge in [-0.2, -0.15) is 0 Å². The van der Waals surface area contributed by atoms with E-state index in [0.29, 0.717) is 5.04 Å². The SMILES string of the molecule is CC(C)(C)[Si](C)(C)OCCCCN1CCC2(CC1)C[C@@H](O)[C@H](O)C2. The molecule has 0 aromatic carbocycles. The van der Waals surface area contributed by atoms with Crippen molar-refractivity contribution in [1.29, 1.82) is 0 Å². The molecule has 1 aliphatic carbocycles. The van der Waals surface area contributed by atoms with E-state index in [9.17, 15) is 10.2 Å². The van der Waals surface area contributed by atoms with Crippen LogP contribution in [0.5, 0.6) is 0 Å². The van der Waals surface area contributed by atoms with Crippen molar-refractivity contribution < 1.29 is 14.6 Å². The van der Waals surface area contributed by atoms with Crippen molar-refractivity contribution in [3.8, 4) is 0 Å². The number of hydrogen-bond donors (Lipinski definition) is 2. The van der Waals surface area contributed by atoms with Crippen molar-refractivity contribution in [2.75, 3.05) is 26.2 Å². The van der Waals surface area contributed by atoms with Crippen LogP contribution in [0.25, 0.3) is 0 Å². The molecule has 2 atom stereocenters. The molecule has 24 heavy (non-hydrogen) atoms. The average molecular weight is 358 g/mol. The van der Waals surface area contributed by atoms with E-state index < -0.39 is 20.5 Å². The van der Waals surface area contributed by atoms with Gasteiger partial charge in [0.05, 0.1) is 12.2 Å². The van der Waals surface area contributed by atoms with E-state index in [4.69, 9.17) is 4.43 Å². The van der Waals surface area contributed by atoms with Gasteiger partial charge in [0, 0.05) is 6.61 Å². The third-order valence-electron chi connectivity index (χ3n) is 6.78. The highest BCUT2D eigenvalue weighted by atomic mass is 28.4. The summed E-state index contributed by atoms with van der Waals surface area (Å²) in [5.41, 5.74) is 0.209. The Morgan fingerprint density at radius 2 is 1.58 bits per heavy atom. The molecule has 0 radical (unpaired) electrons. The highest BCUT2D eigenvalue weighted by Crippen LogP contribution is 2.46. The summed E-state index contributed by atoms with van der Waals surface area (Å²) in [6.45, 7) is 15.8. The second-order valence-corrected chi connectivity index (χ2v) is 14.5. The number of likely N-dealkylation sites (tertiary alicyclic amines) is 1. The first-order chi connectivity index (χ1) is 11.0. The third-order valence-corrected chi connectivity index (χ3v) is 11.3. The molecule has 0 bridgehead atoms. The second kappa shape index (κ2) is 7.75. The van der Waals surface area contributed by atoms with Crippen molar-refractivity contribution in [2.45, 2.75) is 89.6 Å². The summed E-state index contributed by atoms with van der Waals surface area (Å²) < 4.78 is 6.25. The van der Waals surface area contributed by atoms with E-state index in [0.717, 1.165) is 58.3 Å². The molecule has 5 heteroatoms. The van der Waals surface area contributed by atoms with Crippen LogP contribution < -0.4 is 0 Å². The lowest BCUT2D eigenvalue weighted by atomic mass is 9.77. The zero-order valence-corrected chi connectivity index (χ0v) is 17.5. The van der Waals surface area contributed by atoms with Crippen LogP contribution in [-0.4, -0.2) is 61.9 Å². The Bertz CT molecular complexity index is 388. The van der Waals surface area contributed by atoms with Gasteiger partial charge < -0.3 is 19.5 Å². The van der Waals surface area contributed by atoms with Crippen molar-refractivity contribution in [2.24, 2.45) is 5.41 Å². The number of hydrogen-bond acceptors (Lipinski definition) is 4. The fraction of sp³-hybridized carbons (Fsp3) is 1.00. The van der Waals surface area contributed by atoms with Crippen LogP contribution in [0.2, 0.25) is 18.1 Å². The fourth-order valence-corrected chi connectivity index (χ4v) is 4.97. The number of aliphatic hydroxyl groups is 2. The van der Waals surface area contributed by atoms with E-state index in [1.54, 1.807) is 0 Å². The first-order valence-electron chi connectivity index (χ1n) is 9.77. The number of piperidine rings is 1. The van der Waals surface area contributed by atoms with Gasteiger partial charge in [0.15, 0.2) is 8.32 Å². The molecule has 0 unspecified atom stereocenters. The molecular formula is C19H39NO3Si. The van der Waals surface area contributed by atoms with Gasteiger partial charge in [0.2, 0.25) is 0 Å². The fourth-order valence-electron chi connectivity index (χ4n) is 3.88. The van der Waals surface area contributed by atoms with Gasteiger partial charge in [-0.05, 0) is 81.7 Å². The van der Waals surface area contributed by atoms with Crippen molar-refractivity contribution in [1.82, 2.24) is 4.90 Å². The molecule has 142 valence electrons. The Kier molecular flexibility index (Phi) is 6.57. The summed E-state index contributed by atoms with van der Waals surface area (Å²) in [7, 11) is -1.59. The molecule has 2 fully saturated rings. The highest BCUT2D eigenvalue weighted by Gasteiger charge is 2.45. The summed E-state index contributed by atoms with van der Waals surface area (Å²) >= 11 is 0. The molecule has 2 rings (SSSR count). The molecule has 1 spiro atoms. The zero-order valence-electron chi connectivity index (χ0n) is 16.5. The van der Waals surface area contributed by atoms with E-state index in [2.05, 4.69) is 38.8 Å². The summed E-state index contributed by atoms with van der Waals surface area (Å²) in [6.07, 6.45) is 5.19. The van der Waals surface area contributed by atoms with Crippen LogP contribution in [0.3, 0.4) is 0 Å². The maximum absolute atomic E-state index is 9.83. The predicted molar refractivity (Wildman–Crippen MR) is 102 cm³/mol. The molecule has 4 nitrogen and oxygen atoms in total. The van der Waals surface area contributed by atoms with Crippen molar-refractivity contribution >= 4 is 8.32 Å². The molecular weight excluding hydrogens is 318 g/mol. The van der Waals surface area contributed by atoms with Crippen LogP contribution in [-0.2, 0) is 4.43 Å². The van der Waals surface area contributed by atoms with Gasteiger partial charge in [0.1, 0.15) is 0 Å². The van der Waals surface area contributed by atoms with Gasteiger partial charge >= 0.3 is 0 Å². The lowest BCUT2D eigenvalue weighted by molar-refractivity contribution is 0.0438. The standard InChI is InChI=1S/C19H39NO3Si/c1-18(2,3)24(4,5)23-13-7-6-10-20-11-8-19(9-12-20)14-16(21)17(22)15-19/h16-17,21-22H,6-15H2,1-5H3/t16-,17-/m1/s1. The number of unbranched alkanes of at least 4 members (excludes halogenated alkanes) is 1. The Morgan fingerprint density at radius 3 is 2.08 bits per heavy atom. The van der Waals surface area contributed by atoms with Crippen LogP contribution in [0, 0.1) is 5.41 Å². The first kappa shape index (κ1) is 20.4. The minimum atomic E-state index is -1.59. The van der Waals surface area contributed by atoms with Crippen LogP contribution in [0.15, 0.2) is 0 Å². The molecule has 2 aliphatic rings. The van der Waals surface area contributed by atoms with Crippen molar-refractivity contribution in [3.63, 3.8) is 0 Å². The topological polar surface area (TPSA) is 52.9 Å². The Balaban J connectivity index is 1.60. The Hall–Kier alpha value is 0.0569. The highest BCUT2D eigenvalue weighted by molar-refractivity contribution is 6.74. The second-order valence-electron chi connectivity index (χ2n) is 9.70. The molecule has 1 saturated heterocycles. The minimum absolute atomic E-state index is 0.209. The van der Waals surface area contributed by atoms with Gasteiger partial charge in [-0.25, -0.2) is 0 Å². The van der Waals surface area contributed by atoms with Gasteiger partial charge in [-0.3, -0.25) is 0 Å². The quantitative estimate of drug-likeness (QED) is 0.565. The number of nitrogens with zero attached hydrogens (tertiary/aromatic N) is 1. The number of rotatable bonds is 6. The summed E-state index contributed by atoms with van der Waals surface area (Å²) in [4.78, 5) is 2.55. The van der Waals surface area contributed by atoms with Crippen LogP contribution in [0.4, 0.5) is 0 Å². The van der Waals surface area contributed by atoms with Crippen molar-refractivity contribution in [3.05, 3.63) is 0 Å². The monoisotopic (exact) mass is 357 g/mol. The van der Waals surface area contributed by atoms with Crippen LogP contribution >= 0.6 is 0 Å². The largest absolute Gasteiger partial charge is 0.417 e. The summed E-state index contributed by atoms with van der Waals surface area (Å²) in [6, 6.07) is 0. The maximum Gasteiger partial charge on any atom is 0.191 e. The molecule has 0 aromatic heterocycles. The molecule has 1 aliphatic heterocycles. The number of aliphatic hydroxyl groups excluding tert-OH is 2. The molecule has 0 aromatic rings. The molecule has 2 N–H and O–H groups in total. The predicted octanol–water partition coefficient (Wildman–Crippen LogP) is 3.39. The molecule has 1 saturated carbocycles. The lowest BCUT2D eigenvalue weighted by Crippen LogP contribution is -2.41. The average Bonchev–Trinajstić information content (AvgIpc) is 2.74. The zero-order chi connectivity index (χ0) is 18.0. The first-order valence-corrected chi connectivity index (χ1v) is 12.7. The van der Waals surface area contributed by atoms with E-state index in [1.165, 1.54) is 6.42 Å². The van der Waals surface area contributed by atoms with Gasteiger partial charge in [-0.1, -0.05) is 20.8 Å². The third kappa shape index (κ3) is 5.04.